The Morgan fingerprint density at radius 3 is 2.89 bits per heavy atom. The van der Waals surface area contributed by atoms with E-state index in [1.54, 1.807) is 12.5 Å². The number of nitrogens with zero attached hydrogens (tertiary/aromatic N) is 4. The number of imidazole rings is 1. The van der Waals surface area contributed by atoms with Gasteiger partial charge in [-0.3, -0.25) is 4.68 Å². The molecule has 2 heterocycles. The van der Waals surface area contributed by atoms with Crippen LogP contribution < -0.4 is 0 Å². The Hall–Kier alpha value is -1.62. The van der Waals surface area contributed by atoms with E-state index in [-0.39, 0.29) is 0 Å². The highest BCUT2D eigenvalue weighted by atomic mass is 16.3. The lowest BCUT2D eigenvalue weighted by atomic mass is 10.1. The lowest BCUT2D eigenvalue weighted by molar-refractivity contribution is 0.168. The maximum atomic E-state index is 10.2. The minimum atomic E-state index is -0.542. The van der Waals surface area contributed by atoms with E-state index in [2.05, 4.69) is 14.8 Å². The second kappa shape index (κ2) is 5.17. The van der Waals surface area contributed by atoms with Gasteiger partial charge in [0.05, 0.1) is 30.0 Å². The first kappa shape index (κ1) is 12.4. The fraction of sp³-hybridized carbons (Fsp3) is 0.571. The predicted molar refractivity (Wildman–Crippen MR) is 71.6 cm³/mol. The maximum Gasteiger partial charge on any atom is 0.101 e. The molecule has 19 heavy (non-hydrogen) atoms. The molecule has 5 nitrogen and oxygen atoms in total. The second-order valence-corrected chi connectivity index (χ2v) is 5.37. The number of aryl methyl sites for hydroxylation is 1. The topological polar surface area (TPSA) is 55.9 Å². The van der Waals surface area contributed by atoms with Crippen LogP contribution in [0.1, 0.15) is 49.2 Å². The van der Waals surface area contributed by atoms with E-state index in [9.17, 15) is 5.11 Å². The zero-order chi connectivity index (χ0) is 13.2. The largest absolute Gasteiger partial charge is 0.386 e. The smallest absolute Gasteiger partial charge is 0.101 e. The number of hydrogen-bond acceptors (Lipinski definition) is 3. The molecule has 1 fully saturated rings. The van der Waals surface area contributed by atoms with E-state index < -0.39 is 6.10 Å². The monoisotopic (exact) mass is 260 g/mol. The molecule has 1 N–H and O–H groups in total. The van der Waals surface area contributed by atoms with Gasteiger partial charge in [0.15, 0.2) is 0 Å². The normalized spacial score (nSPS) is 18.0. The molecule has 1 aliphatic carbocycles. The van der Waals surface area contributed by atoms with Gasteiger partial charge >= 0.3 is 0 Å². The molecule has 0 aliphatic heterocycles. The summed E-state index contributed by atoms with van der Waals surface area (Å²) in [6.07, 6.45) is 10.5. The predicted octanol–water partition coefficient (Wildman–Crippen LogP) is 2.01. The van der Waals surface area contributed by atoms with Crippen LogP contribution in [-0.4, -0.2) is 24.4 Å². The van der Waals surface area contributed by atoms with Crippen molar-refractivity contribution in [1.29, 1.82) is 0 Å². The van der Waals surface area contributed by atoms with Crippen molar-refractivity contribution in [3.8, 4) is 0 Å². The first-order valence-electron chi connectivity index (χ1n) is 6.92. The third-order valence-electron chi connectivity index (χ3n) is 3.96. The standard InChI is InChI=1S/C14H20N4O/c1-17-10-15-9-13(17)14(19)8-11-6-7-18(16-11)12-4-2-3-5-12/h6-7,9-10,12,14,19H,2-5,8H2,1H3. The minimum absolute atomic E-state index is 0.541. The molecule has 0 amide bonds. The molecule has 0 bridgehead atoms. The average molecular weight is 260 g/mol. The molecule has 5 heteroatoms. The van der Waals surface area contributed by atoms with Crippen LogP contribution in [0.15, 0.2) is 24.8 Å². The molecule has 0 aromatic carbocycles. The highest BCUT2D eigenvalue weighted by Gasteiger charge is 2.19. The SMILES string of the molecule is Cn1cncc1C(O)Cc1ccn(C2CCCC2)n1. The van der Waals surface area contributed by atoms with Crippen molar-refractivity contribution in [2.24, 2.45) is 7.05 Å². The van der Waals surface area contributed by atoms with Gasteiger partial charge in [-0.15, -0.1) is 0 Å². The van der Waals surface area contributed by atoms with E-state index in [1.807, 2.05) is 23.9 Å². The second-order valence-electron chi connectivity index (χ2n) is 5.37. The summed E-state index contributed by atoms with van der Waals surface area (Å²) in [5, 5.41) is 14.8. The van der Waals surface area contributed by atoms with Crippen molar-refractivity contribution in [2.75, 3.05) is 0 Å². The van der Waals surface area contributed by atoms with Crippen LogP contribution in [0.3, 0.4) is 0 Å². The molecule has 1 saturated carbocycles. The van der Waals surface area contributed by atoms with Crippen LogP contribution in [0.5, 0.6) is 0 Å². The molecule has 0 radical (unpaired) electrons. The van der Waals surface area contributed by atoms with Gasteiger partial charge in [0.1, 0.15) is 6.10 Å². The summed E-state index contributed by atoms with van der Waals surface area (Å²) in [4.78, 5) is 4.03. The van der Waals surface area contributed by atoms with Crippen LogP contribution in [0.2, 0.25) is 0 Å². The summed E-state index contributed by atoms with van der Waals surface area (Å²) in [5.74, 6) is 0. The van der Waals surface area contributed by atoms with Crippen LogP contribution in [0.4, 0.5) is 0 Å². The molecule has 1 unspecified atom stereocenters. The van der Waals surface area contributed by atoms with Crippen LogP contribution in [0.25, 0.3) is 0 Å². The van der Waals surface area contributed by atoms with Gasteiger partial charge in [0, 0.05) is 19.7 Å². The van der Waals surface area contributed by atoms with Crippen molar-refractivity contribution in [3.63, 3.8) is 0 Å². The van der Waals surface area contributed by atoms with Gasteiger partial charge < -0.3 is 9.67 Å². The van der Waals surface area contributed by atoms with Gasteiger partial charge in [-0.25, -0.2) is 4.98 Å². The molecular weight excluding hydrogens is 240 g/mol. The Morgan fingerprint density at radius 1 is 1.42 bits per heavy atom. The lowest BCUT2D eigenvalue weighted by Gasteiger charge is -2.11. The van der Waals surface area contributed by atoms with Crippen molar-refractivity contribution in [1.82, 2.24) is 19.3 Å². The van der Waals surface area contributed by atoms with E-state index in [0.717, 1.165) is 11.4 Å². The zero-order valence-electron chi connectivity index (χ0n) is 11.2. The van der Waals surface area contributed by atoms with Gasteiger partial charge in [-0.1, -0.05) is 12.8 Å². The van der Waals surface area contributed by atoms with E-state index in [1.165, 1.54) is 25.7 Å². The first-order valence-corrected chi connectivity index (χ1v) is 6.92. The van der Waals surface area contributed by atoms with Gasteiger partial charge in [-0.05, 0) is 18.9 Å². The Morgan fingerprint density at radius 2 is 2.21 bits per heavy atom. The Balaban J connectivity index is 1.68. The fourth-order valence-electron chi connectivity index (χ4n) is 2.85. The Kier molecular flexibility index (Phi) is 3.38. The van der Waals surface area contributed by atoms with Crippen molar-refractivity contribution < 1.29 is 5.11 Å². The van der Waals surface area contributed by atoms with Crippen LogP contribution >= 0.6 is 0 Å². The van der Waals surface area contributed by atoms with Gasteiger partial charge in [0.2, 0.25) is 0 Å². The quantitative estimate of drug-likeness (QED) is 0.915. The highest BCUT2D eigenvalue weighted by molar-refractivity contribution is 5.09. The van der Waals surface area contributed by atoms with Crippen LogP contribution in [0, 0.1) is 0 Å². The molecule has 2 aromatic rings. The summed E-state index contributed by atoms with van der Waals surface area (Å²) < 4.78 is 3.91. The number of aliphatic hydroxyl groups is 1. The first-order chi connectivity index (χ1) is 9.24. The molecule has 102 valence electrons. The average Bonchev–Trinajstić information content (AvgIpc) is 3.07. The maximum absolute atomic E-state index is 10.2. The number of hydrogen-bond donors (Lipinski definition) is 1. The summed E-state index contributed by atoms with van der Waals surface area (Å²) in [6, 6.07) is 2.57. The van der Waals surface area contributed by atoms with Gasteiger partial charge in [0.25, 0.3) is 0 Å². The number of aromatic nitrogens is 4. The third kappa shape index (κ3) is 2.56. The number of rotatable bonds is 4. The summed E-state index contributed by atoms with van der Waals surface area (Å²) in [5.41, 5.74) is 1.77. The van der Waals surface area contributed by atoms with E-state index in [0.29, 0.717) is 12.5 Å². The number of aliphatic hydroxyl groups excluding tert-OH is 1. The summed E-state index contributed by atoms with van der Waals surface area (Å²) in [6.45, 7) is 0. The van der Waals surface area contributed by atoms with E-state index >= 15 is 0 Å². The van der Waals surface area contributed by atoms with Crippen molar-refractivity contribution >= 4 is 0 Å². The molecule has 1 aliphatic rings. The van der Waals surface area contributed by atoms with Gasteiger partial charge in [-0.2, -0.15) is 5.10 Å². The highest BCUT2D eigenvalue weighted by Crippen LogP contribution is 2.29. The fourth-order valence-corrected chi connectivity index (χ4v) is 2.85. The summed E-state index contributed by atoms with van der Waals surface area (Å²) >= 11 is 0. The molecule has 3 rings (SSSR count). The zero-order valence-corrected chi connectivity index (χ0v) is 11.2. The minimum Gasteiger partial charge on any atom is -0.386 e. The van der Waals surface area contributed by atoms with Crippen LogP contribution in [-0.2, 0) is 13.5 Å². The third-order valence-corrected chi connectivity index (χ3v) is 3.96. The van der Waals surface area contributed by atoms with Crippen molar-refractivity contribution in [2.45, 2.75) is 44.2 Å². The van der Waals surface area contributed by atoms with Crippen molar-refractivity contribution in [3.05, 3.63) is 36.2 Å². The molecule has 0 spiro atoms. The lowest BCUT2D eigenvalue weighted by Crippen LogP contribution is -2.09. The Labute approximate surface area is 112 Å². The molecule has 1 atom stereocenters. The molecule has 2 aromatic heterocycles. The van der Waals surface area contributed by atoms with E-state index in [4.69, 9.17) is 0 Å². The molecule has 0 saturated heterocycles. The Bertz CT molecular complexity index is 539. The molecular formula is C14H20N4O. The summed E-state index contributed by atoms with van der Waals surface area (Å²) in [7, 11) is 1.89.